The molecule has 2 rings (SSSR count). The second-order valence-electron chi connectivity index (χ2n) is 7.45. The van der Waals surface area contributed by atoms with Crippen molar-refractivity contribution in [3.05, 3.63) is 60.2 Å². The zero-order valence-electron chi connectivity index (χ0n) is 17.0. The average molecular weight is 398 g/mol. The highest BCUT2D eigenvalue weighted by Gasteiger charge is 2.39. The van der Waals surface area contributed by atoms with Gasteiger partial charge in [0.1, 0.15) is 23.0 Å². The molecule has 7 nitrogen and oxygen atoms in total. The van der Waals surface area contributed by atoms with Gasteiger partial charge in [0.15, 0.2) is 0 Å². The minimum absolute atomic E-state index is 0.0823. The van der Waals surface area contributed by atoms with Crippen LogP contribution in [0.2, 0.25) is 0 Å². The number of carboxylic acid groups (broad SMARTS) is 1. The molecule has 0 saturated carbocycles. The smallest absolute Gasteiger partial charge is 0.326 e. The van der Waals surface area contributed by atoms with E-state index in [0.29, 0.717) is 11.5 Å². The molecule has 0 fully saturated rings. The summed E-state index contributed by atoms with van der Waals surface area (Å²) in [5, 5.41) is 12.0. The van der Waals surface area contributed by atoms with E-state index in [9.17, 15) is 19.5 Å². The quantitative estimate of drug-likeness (QED) is 0.667. The zero-order valence-corrected chi connectivity index (χ0v) is 17.0. The maximum Gasteiger partial charge on any atom is 0.326 e. The number of carbonyl (C=O) groups is 3. The fourth-order valence-electron chi connectivity index (χ4n) is 2.75. The van der Waals surface area contributed by atoms with E-state index in [-0.39, 0.29) is 6.42 Å². The van der Waals surface area contributed by atoms with Crippen molar-refractivity contribution in [3.8, 4) is 11.5 Å². The third-order valence-electron chi connectivity index (χ3n) is 4.45. The van der Waals surface area contributed by atoms with Crippen LogP contribution in [0.15, 0.2) is 54.6 Å². The van der Waals surface area contributed by atoms with Crippen LogP contribution in [-0.2, 0) is 20.8 Å². The topological polar surface area (TPSA) is 95.9 Å². The summed E-state index contributed by atoms with van der Waals surface area (Å²) in [5.41, 5.74) is -0.653. The molecule has 0 bridgehead atoms. The van der Waals surface area contributed by atoms with Crippen LogP contribution in [0, 0.1) is 5.41 Å². The Labute approximate surface area is 170 Å². The minimum atomic E-state index is -1.37. The second kappa shape index (κ2) is 9.23. The van der Waals surface area contributed by atoms with Crippen LogP contribution in [0.4, 0.5) is 0 Å². The molecule has 154 valence electrons. The van der Waals surface area contributed by atoms with Gasteiger partial charge in [-0.1, -0.05) is 30.3 Å². The molecule has 0 aromatic heterocycles. The molecule has 2 aromatic rings. The van der Waals surface area contributed by atoms with Gasteiger partial charge in [0.05, 0.1) is 0 Å². The summed E-state index contributed by atoms with van der Waals surface area (Å²) >= 11 is 0. The van der Waals surface area contributed by atoms with Crippen molar-refractivity contribution in [1.82, 2.24) is 10.2 Å². The molecular weight excluding hydrogens is 372 g/mol. The van der Waals surface area contributed by atoms with Gasteiger partial charge in [-0.05, 0) is 43.7 Å². The number of carboxylic acids is 1. The third-order valence-corrected chi connectivity index (χ3v) is 4.45. The van der Waals surface area contributed by atoms with Gasteiger partial charge in [-0.3, -0.25) is 9.59 Å². The fraction of sp³-hybridized carbons (Fsp3) is 0.318. The van der Waals surface area contributed by atoms with Gasteiger partial charge < -0.3 is 20.1 Å². The largest absolute Gasteiger partial charge is 0.480 e. The van der Waals surface area contributed by atoms with Gasteiger partial charge in [-0.15, -0.1) is 0 Å². The number of nitrogens with zero attached hydrogens (tertiary/aromatic N) is 1. The summed E-state index contributed by atoms with van der Waals surface area (Å²) in [4.78, 5) is 37.7. The highest BCUT2D eigenvalue weighted by molar-refractivity contribution is 6.05. The lowest BCUT2D eigenvalue weighted by atomic mass is 9.90. The van der Waals surface area contributed by atoms with Crippen LogP contribution in [-0.4, -0.2) is 47.9 Å². The predicted molar refractivity (Wildman–Crippen MR) is 109 cm³/mol. The number of nitrogens with one attached hydrogen (secondary N) is 1. The van der Waals surface area contributed by atoms with Crippen molar-refractivity contribution < 1.29 is 24.2 Å². The Kier molecular flexibility index (Phi) is 6.98. The molecule has 0 saturated heterocycles. The van der Waals surface area contributed by atoms with Gasteiger partial charge >= 0.3 is 5.97 Å². The number of para-hydroxylation sites is 1. The van der Waals surface area contributed by atoms with Gasteiger partial charge in [0.2, 0.25) is 11.8 Å². The van der Waals surface area contributed by atoms with E-state index in [4.69, 9.17) is 4.74 Å². The van der Waals surface area contributed by atoms with Gasteiger partial charge in [-0.25, -0.2) is 4.79 Å². The number of aliphatic carboxylic acids is 1. The monoisotopic (exact) mass is 398 g/mol. The second-order valence-corrected chi connectivity index (χ2v) is 7.45. The molecule has 7 heteroatoms. The molecule has 0 aliphatic carbocycles. The number of hydrogen-bond donors (Lipinski definition) is 2. The first-order chi connectivity index (χ1) is 13.6. The highest BCUT2D eigenvalue weighted by atomic mass is 16.5. The summed E-state index contributed by atoms with van der Waals surface area (Å²) in [5.74, 6) is -0.887. The molecule has 29 heavy (non-hydrogen) atoms. The maximum atomic E-state index is 12.5. The Morgan fingerprint density at radius 1 is 1.00 bits per heavy atom. The zero-order chi connectivity index (χ0) is 21.6. The van der Waals surface area contributed by atoms with Gasteiger partial charge in [0, 0.05) is 20.5 Å². The Morgan fingerprint density at radius 3 is 2.07 bits per heavy atom. The molecule has 0 heterocycles. The molecule has 0 radical (unpaired) electrons. The summed E-state index contributed by atoms with van der Waals surface area (Å²) in [6, 6.07) is 15.1. The fourth-order valence-corrected chi connectivity index (χ4v) is 2.75. The molecule has 0 aliphatic heterocycles. The molecular formula is C22H26N2O5. The van der Waals surface area contributed by atoms with Crippen LogP contribution in [0.25, 0.3) is 0 Å². The summed E-state index contributed by atoms with van der Waals surface area (Å²) < 4.78 is 5.72. The average Bonchev–Trinajstić information content (AvgIpc) is 2.68. The van der Waals surface area contributed by atoms with E-state index in [1.165, 1.54) is 18.7 Å². The number of hydrogen-bond acceptors (Lipinski definition) is 4. The SMILES string of the molecule is CN(C)C(=O)C(C)(C)C(=O)N[C@@H](Cc1ccc(Oc2ccccc2)cc1)C(=O)O. The van der Waals surface area contributed by atoms with Crippen LogP contribution in [0.5, 0.6) is 11.5 Å². The summed E-state index contributed by atoms with van der Waals surface area (Å²) in [6.45, 7) is 2.94. The van der Waals surface area contributed by atoms with E-state index in [2.05, 4.69) is 5.32 Å². The molecule has 2 N–H and O–H groups in total. The number of amides is 2. The Hall–Kier alpha value is -3.35. The van der Waals surface area contributed by atoms with Gasteiger partial charge in [0.25, 0.3) is 0 Å². The first kappa shape index (κ1) is 21.9. The van der Waals surface area contributed by atoms with Crippen molar-refractivity contribution >= 4 is 17.8 Å². The number of ether oxygens (including phenoxy) is 1. The molecule has 0 unspecified atom stereocenters. The van der Waals surface area contributed by atoms with E-state index in [0.717, 1.165) is 5.56 Å². The summed E-state index contributed by atoms with van der Waals surface area (Å²) in [6.07, 6.45) is 0.0823. The first-order valence-electron chi connectivity index (χ1n) is 9.18. The van der Waals surface area contributed by atoms with Crippen molar-refractivity contribution in [2.75, 3.05) is 14.1 Å². The Bertz CT molecular complexity index is 861. The molecule has 1 atom stereocenters. The van der Waals surface area contributed by atoms with Gasteiger partial charge in [-0.2, -0.15) is 0 Å². The Morgan fingerprint density at radius 2 is 1.55 bits per heavy atom. The molecule has 0 spiro atoms. The number of rotatable bonds is 8. The first-order valence-corrected chi connectivity index (χ1v) is 9.18. The number of benzene rings is 2. The molecule has 2 aromatic carbocycles. The minimum Gasteiger partial charge on any atom is -0.480 e. The molecule has 2 amide bonds. The lowest BCUT2D eigenvalue weighted by Gasteiger charge is -2.27. The Balaban J connectivity index is 2.06. The van der Waals surface area contributed by atoms with Crippen LogP contribution in [0.3, 0.4) is 0 Å². The van der Waals surface area contributed by atoms with E-state index >= 15 is 0 Å². The third kappa shape index (κ3) is 5.81. The predicted octanol–water partition coefficient (Wildman–Crippen LogP) is 2.71. The van der Waals surface area contributed by atoms with Crippen molar-refractivity contribution in [2.24, 2.45) is 5.41 Å². The van der Waals surface area contributed by atoms with Crippen molar-refractivity contribution in [3.63, 3.8) is 0 Å². The number of carbonyl (C=O) groups excluding carboxylic acids is 2. The van der Waals surface area contributed by atoms with E-state index in [1.807, 2.05) is 30.3 Å². The van der Waals surface area contributed by atoms with Crippen LogP contribution >= 0.6 is 0 Å². The van der Waals surface area contributed by atoms with Crippen molar-refractivity contribution in [1.29, 1.82) is 0 Å². The normalized spacial score (nSPS) is 12.0. The standard InChI is InChI=1S/C22H26N2O5/c1-22(2,21(28)24(3)4)20(27)23-18(19(25)26)14-15-10-12-17(13-11-15)29-16-8-6-5-7-9-16/h5-13,18H,14H2,1-4H3,(H,23,27)(H,25,26)/t18-/m0/s1. The lowest BCUT2D eigenvalue weighted by Crippen LogP contribution is -2.52. The van der Waals surface area contributed by atoms with Crippen LogP contribution < -0.4 is 10.1 Å². The van der Waals surface area contributed by atoms with Crippen molar-refractivity contribution in [2.45, 2.75) is 26.3 Å². The molecule has 0 aliphatic rings. The lowest BCUT2D eigenvalue weighted by molar-refractivity contribution is -0.150. The van der Waals surface area contributed by atoms with E-state index in [1.54, 1.807) is 38.4 Å². The maximum absolute atomic E-state index is 12.5. The summed E-state index contributed by atoms with van der Waals surface area (Å²) in [7, 11) is 3.09. The van der Waals surface area contributed by atoms with E-state index < -0.39 is 29.2 Å². The van der Waals surface area contributed by atoms with Crippen LogP contribution in [0.1, 0.15) is 19.4 Å². The highest BCUT2D eigenvalue weighted by Crippen LogP contribution is 2.22.